The fourth-order valence-electron chi connectivity index (χ4n) is 12.6. The molecule has 690 valence electrons. The van der Waals surface area contributed by atoms with Crippen LogP contribution >= 0.6 is 15.6 Å². The third-order valence-electron chi connectivity index (χ3n) is 19.8. The van der Waals surface area contributed by atoms with Crippen LogP contribution < -0.4 is 0 Å². The molecular weight excluding hydrogens is 1560 g/mol. The van der Waals surface area contributed by atoms with Gasteiger partial charge in [-0.1, -0.05) is 389 Å². The number of aliphatic hydroxyl groups excluding tert-OH is 2. The molecule has 0 saturated carbocycles. The van der Waals surface area contributed by atoms with Gasteiger partial charge < -0.3 is 34.2 Å². The number of carbonyl (C=O) groups excluding carboxylic acids is 3. The largest absolute Gasteiger partial charge is 0.472 e. The van der Waals surface area contributed by atoms with Crippen molar-refractivity contribution in [3.05, 3.63) is 194 Å². The number of carbonyl (C=O) groups is 3. The van der Waals surface area contributed by atoms with Crippen LogP contribution in [0.1, 0.15) is 380 Å². The van der Waals surface area contributed by atoms with Gasteiger partial charge >= 0.3 is 33.6 Å². The molecule has 5 unspecified atom stereocenters. The van der Waals surface area contributed by atoms with Crippen LogP contribution in [0.2, 0.25) is 0 Å². The molecule has 0 aromatic carbocycles. The van der Waals surface area contributed by atoms with Gasteiger partial charge in [0.1, 0.15) is 25.4 Å². The molecule has 4 N–H and O–H groups in total. The van der Waals surface area contributed by atoms with Gasteiger partial charge in [0.15, 0.2) is 6.10 Å². The molecule has 0 aliphatic carbocycles. The molecule has 121 heavy (non-hydrogen) atoms. The highest BCUT2D eigenvalue weighted by molar-refractivity contribution is 7.47. The van der Waals surface area contributed by atoms with E-state index in [9.17, 15) is 43.5 Å². The molecule has 16 nitrogen and oxygen atoms in total. The lowest BCUT2D eigenvalue weighted by Crippen LogP contribution is -2.30. The summed E-state index contributed by atoms with van der Waals surface area (Å²) in [6.07, 6.45) is 125. The van der Waals surface area contributed by atoms with Gasteiger partial charge in [0.2, 0.25) is 0 Å². The molecular formula is C103H172O16P2. The summed E-state index contributed by atoms with van der Waals surface area (Å²) in [6, 6.07) is 0. The summed E-state index contributed by atoms with van der Waals surface area (Å²) in [4.78, 5) is 59.1. The highest BCUT2D eigenvalue weighted by Crippen LogP contribution is 2.45. The van der Waals surface area contributed by atoms with Crippen molar-refractivity contribution in [3.63, 3.8) is 0 Å². The molecule has 0 aliphatic rings. The van der Waals surface area contributed by atoms with Crippen LogP contribution in [0.25, 0.3) is 0 Å². The molecule has 0 aliphatic heterocycles. The normalized spacial score (nSPS) is 14.6. The number of phosphoric acid groups is 2. The second kappa shape index (κ2) is 93.5. The maximum Gasteiger partial charge on any atom is 0.472 e. The first-order chi connectivity index (χ1) is 59.2. The van der Waals surface area contributed by atoms with E-state index < -0.39 is 91.5 Å². The predicted molar refractivity (Wildman–Crippen MR) is 509 cm³/mol. The van der Waals surface area contributed by atoms with E-state index in [4.69, 9.17) is 32.3 Å². The van der Waals surface area contributed by atoms with Gasteiger partial charge in [-0.2, -0.15) is 0 Å². The Bertz CT molecular complexity index is 2980. The third kappa shape index (κ3) is 94.9. The van der Waals surface area contributed by atoms with Crippen LogP contribution in [0.15, 0.2) is 194 Å². The highest BCUT2D eigenvalue weighted by Gasteiger charge is 2.29. The fraction of sp³-hybridized carbons (Fsp3) is 0.660. The minimum Gasteiger partial charge on any atom is -0.463 e. The zero-order valence-electron chi connectivity index (χ0n) is 76.1. The molecule has 5 atom stereocenters. The van der Waals surface area contributed by atoms with Crippen LogP contribution in [0.3, 0.4) is 0 Å². The minimum atomic E-state index is -4.96. The van der Waals surface area contributed by atoms with Crippen molar-refractivity contribution in [1.29, 1.82) is 0 Å². The number of hydrogen-bond acceptors (Lipinski definition) is 14. The molecule has 0 rings (SSSR count). The quantitative estimate of drug-likeness (QED) is 0.0146. The van der Waals surface area contributed by atoms with Crippen LogP contribution in [-0.4, -0.2) is 95.9 Å². The van der Waals surface area contributed by atoms with Crippen molar-refractivity contribution < 1.29 is 75.8 Å². The number of aliphatic hydroxyl groups is 2. The Hall–Kier alpha value is -5.61. The van der Waals surface area contributed by atoms with E-state index in [2.05, 4.69) is 215 Å². The molecule has 0 aromatic rings. The lowest BCUT2D eigenvalue weighted by atomic mass is 10.0. The summed E-state index contributed by atoms with van der Waals surface area (Å²) < 4.78 is 61.5. The summed E-state index contributed by atoms with van der Waals surface area (Å²) in [5.41, 5.74) is 0. The first-order valence-electron chi connectivity index (χ1n) is 47.7. The molecule has 0 heterocycles. The van der Waals surface area contributed by atoms with Gasteiger partial charge in [0, 0.05) is 19.3 Å². The summed E-state index contributed by atoms with van der Waals surface area (Å²) >= 11 is 0. The van der Waals surface area contributed by atoms with Crippen molar-refractivity contribution in [3.8, 4) is 0 Å². The molecule has 18 heteroatoms. The molecule has 0 spiro atoms. The van der Waals surface area contributed by atoms with Crippen molar-refractivity contribution in [2.45, 2.75) is 399 Å². The number of phosphoric ester groups is 2. The van der Waals surface area contributed by atoms with E-state index in [0.29, 0.717) is 19.3 Å². The number of ether oxygens (including phenoxy) is 3. The Morgan fingerprint density at radius 3 is 0.694 bits per heavy atom. The maximum atomic E-state index is 13.1. The van der Waals surface area contributed by atoms with Crippen LogP contribution in [0.5, 0.6) is 0 Å². The molecule has 0 bridgehead atoms. The van der Waals surface area contributed by atoms with Gasteiger partial charge in [-0.05, 0) is 167 Å². The number of rotatable bonds is 89. The summed E-state index contributed by atoms with van der Waals surface area (Å²) in [7, 11) is -9.83. The molecule has 0 fully saturated rings. The van der Waals surface area contributed by atoms with E-state index in [1.54, 1.807) is 0 Å². The van der Waals surface area contributed by atoms with Crippen molar-refractivity contribution in [2.24, 2.45) is 0 Å². The summed E-state index contributed by atoms with van der Waals surface area (Å²) in [5, 5.41) is 20.8. The average molecular weight is 1730 g/mol. The van der Waals surface area contributed by atoms with E-state index >= 15 is 0 Å². The standard InChI is InChI=1S/C103H172O16P2/c1-4-7-10-13-16-19-22-25-28-31-34-37-40-42-44-45-46-47-48-49-50-51-53-55-57-59-62-65-68-71-74-77-80-83-86-89-101(106)113-92-98(104)93-115-120(109,110)116-94-99(105)95-117-121(111,112)118-97-100(119-103(108)91-88-85-82-79-76-73-70-67-64-61-56-39-36-33-30-27-24-21-18-15-12-9-6-3)96-114-102(107)90-87-84-81-78-75-72-69-66-63-60-58-54-52-43-41-38-35-32-29-26-23-20-17-14-11-8-5-2/h7,9-10,12,16-21,25-30,34-39,42-44,46-47,52,61,64,70,73,98-100,104-105H,4-6,8,11,13-15,22-24,31-33,40-41,45,48-51,53-60,62-63,65-69,71-72,74-97H2,1-3H3,(H,109,110)(H,111,112)/b10-7-,12-9-,19-16-,20-17-,21-18-,28-25-,29-26-,30-27-,37-34-,38-35-,39-36-,44-42-,47-46-,52-43-,64-61-,73-70-. The maximum absolute atomic E-state index is 13.1. The topological polar surface area (TPSA) is 231 Å². The summed E-state index contributed by atoms with van der Waals surface area (Å²) in [5.74, 6) is -1.61. The number of hydrogen-bond donors (Lipinski definition) is 4. The Kier molecular flexibility index (Phi) is 89.2. The molecule has 0 saturated heterocycles. The molecule has 0 aromatic heterocycles. The van der Waals surface area contributed by atoms with Gasteiger partial charge in [0.25, 0.3) is 0 Å². The van der Waals surface area contributed by atoms with Crippen LogP contribution in [0.4, 0.5) is 0 Å². The highest BCUT2D eigenvalue weighted by atomic mass is 31.2. The zero-order valence-corrected chi connectivity index (χ0v) is 77.9. The van der Waals surface area contributed by atoms with Crippen molar-refractivity contribution >= 4 is 33.6 Å². The second-order valence-electron chi connectivity index (χ2n) is 31.4. The SMILES string of the molecule is CC/C=C\C/C=C\C/C=C\C/C=C\C/C=C\C/C=C\CCCCCCCCCCCCCCCCCCC(=O)OCC(O)COP(=O)(O)OCC(O)COP(=O)(O)OCC(COC(=O)CCCCCCCCCCCCC/C=C\C/C=C\C/C=C\C/C=C\CCCCC)OC(=O)CCCCCC/C=C\C/C=C\C/C=C\C/C=C\C/C=C\C/C=C\CC. The van der Waals surface area contributed by atoms with Crippen LogP contribution in [0, 0.1) is 0 Å². The van der Waals surface area contributed by atoms with Crippen LogP contribution in [-0.2, 0) is 55.8 Å². The lowest BCUT2D eigenvalue weighted by molar-refractivity contribution is -0.161. The molecule has 0 amide bonds. The first kappa shape index (κ1) is 115. The zero-order chi connectivity index (χ0) is 87.9. The van der Waals surface area contributed by atoms with E-state index in [-0.39, 0.29) is 19.3 Å². The molecule has 0 radical (unpaired) electrons. The van der Waals surface area contributed by atoms with E-state index in [1.165, 1.54) is 148 Å². The van der Waals surface area contributed by atoms with Gasteiger partial charge in [-0.15, -0.1) is 0 Å². The Morgan fingerprint density at radius 1 is 0.240 bits per heavy atom. The summed E-state index contributed by atoms with van der Waals surface area (Å²) in [6.45, 7) is 2.43. The average Bonchev–Trinajstić information content (AvgIpc) is 0.870. The Morgan fingerprint density at radius 2 is 0.438 bits per heavy atom. The Balaban J connectivity index is 4.59. The van der Waals surface area contributed by atoms with Crippen molar-refractivity contribution in [1.82, 2.24) is 0 Å². The number of esters is 3. The monoisotopic (exact) mass is 1730 g/mol. The van der Waals surface area contributed by atoms with E-state index in [1.807, 2.05) is 0 Å². The van der Waals surface area contributed by atoms with Gasteiger partial charge in [-0.3, -0.25) is 32.5 Å². The second-order valence-corrected chi connectivity index (χ2v) is 34.3. The third-order valence-corrected chi connectivity index (χ3v) is 21.7. The number of unbranched alkanes of at least 4 members (excludes halogenated alkanes) is 34. The van der Waals surface area contributed by atoms with Crippen molar-refractivity contribution in [2.75, 3.05) is 39.6 Å². The lowest BCUT2D eigenvalue weighted by Gasteiger charge is -2.21. The predicted octanol–water partition coefficient (Wildman–Crippen LogP) is 29.8. The Labute approximate surface area is 737 Å². The number of allylic oxidation sites excluding steroid dienone is 32. The van der Waals surface area contributed by atoms with Gasteiger partial charge in [0.05, 0.1) is 26.4 Å². The van der Waals surface area contributed by atoms with Gasteiger partial charge in [-0.25, -0.2) is 9.13 Å². The van der Waals surface area contributed by atoms with E-state index in [0.717, 1.165) is 173 Å². The smallest absolute Gasteiger partial charge is 0.463 e. The first-order valence-corrected chi connectivity index (χ1v) is 50.7. The fourth-order valence-corrected chi connectivity index (χ4v) is 14.2. The minimum absolute atomic E-state index is 0.0683.